The van der Waals surface area contributed by atoms with Crippen LogP contribution in [0.3, 0.4) is 0 Å². The van der Waals surface area contributed by atoms with E-state index in [-0.39, 0.29) is 18.8 Å². The summed E-state index contributed by atoms with van der Waals surface area (Å²) in [4.78, 5) is 27.6. The van der Waals surface area contributed by atoms with Gasteiger partial charge in [-0.15, -0.1) is 0 Å². The van der Waals surface area contributed by atoms with E-state index in [0.29, 0.717) is 53.8 Å². The minimum absolute atomic E-state index is 0.188. The fourth-order valence-electron chi connectivity index (χ4n) is 3.67. The van der Waals surface area contributed by atoms with Crippen LogP contribution in [-0.2, 0) is 9.47 Å². The highest BCUT2D eigenvalue weighted by Crippen LogP contribution is 2.34. The first-order valence-corrected chi connectivity index (χ1v) is 11.3. The van der Waals surface area contributed by atoms with Gasteiger partial charge in [-0.05, 0) is 45.0 Å². The highest BCUT2D eigenvalue weighted by Gasteiger charge is 2.29. The first-order chi connectivity index (χ1) is 16.8. The Kier molecular flexibility index (Phi) is 7.20. The largest absolute Gasteiger partial charge is 0.493 e. The fourth-order valence-corrected chi connectivity index (χ4v) is 3.67. The topological polar surface area (TPSA) is 105 Å². The summed E-state index contributed by atoms with van der Waals surface area (Å²) in [7, 11) is 3.17. The van der Waals surface area contributed by atoms with E-state index < -0.39 is 5.60 Å². The summed E-state index contributed by atoms with van der Waals surface area (Å²) in [5.41, 5.74) is 2.07. The third-order valence-electron chi connectivity index (χ3n) is 5.30. The minimum Gasteiger partial charge on any atom is -0.493 e. The van der Waals surface area contributed by atoms with Gasteiger partial charge in [0.15, 0.2) is 17.0 Å². The Labute approximate surface area is 204 Å². The number of aromatic nitrogens is 3. The van der Waals surface area contributed by atoms with E-state index in [0.717, 1.165) is 5.56 Å². The number of fused-ring (bicyclic) bond motifs is 1. The molecule has 0 aliphatic carbocycles. The van der Waals surface area contributed by atoms with Gasteiger partial charge in [0, 0.05) is 24.5 Å². The van der Waals surface area contributed by atoms with E-state index in [2.05, 4.69) is 9.97 Å². The van der Waals surface area contributed by atoms with Gasteiger partial charge >= 0.3 is 6.09 Å². The molecule has 186 valence electrons. The van der Waals surface area contributed by atoms with Crippen LogP contribution < -0.4 is 14.2 Å². The van der Waals surface area contributed by atoms with E-state index >= 15 is 0 Å². The number of hydrogen-bond acceptors (Lipinski definition) is 9. The molecule has 3 heterocycles. The molecule has 0 spiro atoms. The Balaban J connectivity index is 1.55. The van der Waals surface area contributed by atoms with Crippen molar-refractivity contribution in [1.82, 2.24) is 19.9 Å². The lowest BCUT2D eigenvalue weighted by Crippen LogP contribution is -2.49. The van der Waals surface area contributed by atoms with Gasteiger partial charge in [0.1, 0.15) is 18.3 Å². The second-order valence-electron chi connectivity index (χ2n) is 9.04. The van der Waals surface area contributed by atoms with Crippen molar-refractivity contribution in [2.45, 2.75) is 32.5 Å². The molecule has 0 radical (unpaired) electrons. The molecule has 0 unspecified atom stereocenters. The third-order valence-corrected chi connectivity index (χ3v) is 5.30. The molecule has 1 amide bonds. The molecule has 1 saturated heterocycles. The van der Waals surface area contributed by atoms with E-state index in [1.54, 1.807) is 31.5 Å². The molecule has 1 atom stereocenters. The van der Waals surface area contributed by atoms with Crippen LogP contribution in [0.1, 0.15) is 20.8 Å². The van der Waals surface area contributed by atoms with Gasteiger partial charge in [0.2, 0.25) is 5.88 Å². The van der Waals surface area contributed by atoms with Gasteiger partial charge < -0.3 is 28.6 Å². The highest BCUT2D eigenvalue weighted by atomic mass is 16.6. The molecule has 1 aliphatic heterocycles. The number of hydrogen-bond donors (Lipinski definition) is 0. The summed E-state index contributed by atoms with van der Waals surface area (Å²) in [6.07, 6.45) is 2.51. The molecule has 1 aliphatic rings. The van der Waals surface area contributed by atoms with Crippen molar-refractivity contribution in [3.63, 3.8) is 0 Å². The van der Waals surface area contributed by atoms with E-state index in [4.69, 9.17) is 28.7 Å². The maximum atomic E-state index is 12.5. The number of ether oxygens (including phenoxy) is 5. The summed E-state index contributed by atoms with van der Waals surface area (Å²) in [6, 6.07) is 7.39. The molecule has 0 bridgehead atoms. The average Bonchev–Trinajstić information content (AvgIpc) is 2.85. The average molecular weight is 483 g/mol. The van der Waals surface area contributed by atoms with Crippen LogP contribution in [-0.4, -0.2) is 78.2 Å². The van der Waals surface area contributed by atoms with Crippen LogP contribution >= 0.6 is 0 Å². The van der Waals surface area contributed by atoms with Crippen molar-refractivity contribution in [3.05, 3.63) is 36.7 Å². The normalized spacial score (nSPS) is 16.1. The van der Waals surface area contributed by atoms with E-state index in [1.807, 2.05) is 45.0 Å². The maximum Gasteiger partial charge on any atom is 0.410 e. The van der Waals surface area contributed by atoms with Gasteiger partial charge in [0.25, 0.3) is 0 Å². The number of benzene rings is 1. The van der Waals surface area contributed by atoms with Crippen LogP contribution in [0.15, 0.2) is 36.7 Å². The molecule has 4 rings (SSSR count). The number of pyridine rings is 1. The van der Waals surface area contributed by atoms with E-state index in [1.165, 1.54) is 0 Å². The maximum absolute atomic E-state index is 12.5. The van der Waals surface area contributed by atoms with Crippen molar-refractivity contribution in [2.24, 2.45) is 0 Å². The van der Waals surface area contributed by atoms with Crippen LogP contribution in [0.4, 0.5) is 4.79 Å². The number of nitrogens with zero attached hydrogens (tertiary/aromatic N) is 4. The first kappa shape index (κ1) is 24.5. The summed E-state index contributed by atoms with van der Waals surface area (Å²) < 4.78 is 28.2. The van der Waals surface area contributed by atoms with E-state index in [9.17, 15) is 4.79 Å². The van der Waals surface area contributed by atoms with Crippen LogP contribution in [0.5, 0.6) is 17.4 Å². The van der Waals surface area contributed by atoms with Crippen LogP contribution in [0.2, 0.25) is 0 Å². The lowest BCUT2D eigenvalue weighted by Gasteiger charge is -2.34. The van der Waals surface area contributed by atoms with Gasteiger partial charge in [-0.25, -0.2) is 14.8 Å². The lowest BCUT2D eigenvalue weighted by molar-refractivity contribution is -0.0559. The van der Waals surface area contributed by atoms with Gasteiger partial charge in [0.05, 0.1) is 38.6 Å². The van der Waals surface area contributed by atoms with Crippen molar-refractivity contribution in [2.75, 3.05) is 40.5 Å². The van der Waals surface area contributed by atoms with Gasteiger partial charge in [-0.3, -0.25) is 4.98 Å². The Bertz CT molecular complexity index is 1200. The lowest BCUT2D eigenvalue weighted by atomic mass is 10.1. The molecule has 1 aromatic carbocycles. The predicted octanol–water partition coefficient (Wildman–Crippen LogP) is 3.72. The number of methoxy groups -OCH3 is 2. The van der Waals surface area contributed by atoms with Crippen molar-refractivity contribution in [3.8, 4) is 28.6 Å². The highest BCUT2D eigenvalue weighted by molar-refractivity contribution is 5.83. The second kappa shape index (κ2) is 10.3. The second-order valence-corrected chi connectivity index (χ2v) is 9.04. The molecular formula is C25H30N4O6. The van der Waals surface area contributed by atoms with Crippen molar-refractivity contribution >= 4 is 17.1 Å². The van der Waals surface area contributed by atoms with Gasteiger partial charge in [-0.1, -0.05) is 0 Å². The van der Waals surface area contributed by atoms with Crippen LogP contribution in [0, 0.1) is 0 Å². The number of carbonyl (C=O) groups is 1. The molecule has 1 fully saturated rings. The quantitative estimate of drug-likeness (QED) is 0.520. The Morgan fingerprint density at radius 3 is 2.63 bits per heavy atom. The monoisotopic (exact) mass is 482 g/mol. The number of amides is 1. The molecule has 10 heteroatoms. The Morgan fingerprint density at radius 1 is 1.11 bits per heavy atom. The van der Waals surface area contributed by atoms with Crippen LogP contribution in [0.25, 0.3) is 22.3 Å². The molecular weight excluding hydrogens is 452 g/mol. The molecule has 3 aromatic rings. The standard InChI is InChI=1S/C25H30N4O6/c1-25(2,3)35-24(30)29-10-11-33-17(14-29)15-34-23-22-19(26-8-9-27-22)13-18(28-23)16-6-7-20(31-4)21(12-16)32-5/h6-9,12-13,17H,10-11,14-15H2,1-5H3/t17-/m0/s1. The zero-order chi connectivity index (χ0) is 25.0. The summed E-state index contributed by atoms with van der Waals surface area (Å²) in [5, 5.41) is 0. The van der Waals surface area contributed by atoms with Crippen molar-refractivity contribution in [1.29, 1.82) is 0 Å². The summed E-state index contributed by atoms with van der Waals surface area (Å²) in [6.45, 7) is 6.93. The smallest absolute Gasteiger partial charge is 0.410 e. The summed E-state index contributed by atoms with van der Waals surface area (Å²) in [5.74, 6) is 1.54. The zero-order valence-corrected chi connectivity index (χ0v) is 20.6. The van der Waals surface area contributed by atoms with Gasteiger partial charge in [-0.2, -0.15) is 0 Å². The molecule has 0 N–H and O–H groups in total. The Hall–Kier alpha value is -3.66. The fraction of sp³-hybridized carbons (Fsp3) is 0.440. The molecule has 0 saturated carbocycles. The zero-order valence-electron chi connectivity index (χ0n) is 20.6. The number of rotatable bonds is 6. The molecule has 35 heavy (non-hydrogen) atoms. The predicted molar refractivity (Wildman–Crippen MR) is 129 cm³/mol. The number of morpholine rings is 1. The SMILES string of the molecule is COc1ccc(-c2cc3nccnc3c(OC[C@@H]3CN(C(=O)OC(C)(C)C)CCO3)n2)cc1OC. The summed E-state index contributed by atoms with van der Waals surface area (Å²) >= 11 is 0. The molecule has 10 nitrogen and oxygen atoms in total. The Morgan fingerprint density at radius 2 is 1.89 bits per heavy atom. The number of carbonyl (C=O) groups excluding carboxylic acids is 1. The third kappa shape index (κ3) is 5.89. The minimum atomic E-state index is -0.562. The molecule has 2 aromatic heterocycles. The first-order valence-electron chi connectivity index (χ1n) is 11.3. The van der Waals surface area contributed by atoms with Crippen molar-refractivity contribution < 1.29 is 28.5 Å².